The highest BCUT2D eigenvalue weighted by Gasteiger charge is 2.15. The van der Waals surface area contributed by atoms with E-state index in [1.807, 2.05) is 0 Å². The maximum atomic E-state index is 10.1. The Kier molecular flexibility index (Phi) is 3.66. The molecule has 1 N–H and O–H groups in total. The van der Waals surface area contributed by atoms with Crippen molar-refractivity contribution >= 4 is 23.2 Å². The molecule has 0 saturated carbocycles. The Morgan fingerprint density at radius 2 is 2.18 bits per heavy atom. The second kappa shape index (κ2) is 5.04. The highest BCUT2D eigenvalue weighted by atomic mass is 35.5. The summed E-state index contributed by atoms with van der Waals surface area (Å²) in [7, 11) is 1.78. The third kappa shape index (κ3) is 2.77. The molecular weight excluding hydrogens is 261 g/mol. The zero-order chi connectivity index (χ0) is 12.4. The maximum absolute atomic E-state index is 10.1. The molecule has 2 aromatic rings. The number of halogens is 2. The fourth-order valence-electron chi connectivity index (χ4n) is 1.56. The van der Waals surface area contributed by atoms with E-state index >= 15 is 0 Å². The van der Waals surface area contributed by atoms with Gasteiger partial charge in [0.25, 0.3) is 0 Å². The van der Waals surface area contributed by atoms with E-state index in [1.54, 1.807) is 29.9 Å². The molecule has 0 saturated heterocycles. The van der Waals surface area contributed by atoms with E-state index in [0.29, 0.717) is 27.9 Å². The molecular formula is C11H11Cl2N3O. The number of aromatic nitrogens is 3. The van der Waals surface area contributed by atoms with Crippen molar-refractivity contribution in [3.8, 4) is 0 Å². The molecule has 0 bridgehead atoms. The molecule has 0 radical (unpaired) electrons. The van der Waals surface area contributed by atoms with Crippen LogP contribution in [-0.4, -0.2) is 19.9 Å². The van der Waals surface area contributed by atoms with Crippen molar-refractivity contribution in [1.82, 2.24) is 14.8 Å². The van der Waals surface area contributed by atoms with Crippen LogP contribution in [0.3, 0.4) is 0 Å². The molecule has 1 aromatic heterocycles. The van der Waals surface area contributed by atoms with Gasteiger partial charge >= 0.3 is 0 Å². The minimum absolute atomic E-state index is 0.359. The van der Waals surface area contributed by atoms with E-state index in [2.05, 4.69) is 10.1 Å². The summed E-state index contributed by atoms with van der Waals surface area (Å²) in [6.45, 7) is 0. The Labute approximate surface area is 109 Å². The van der Waals surface area contributed by atoms with Gasteiger partial charge < -0.3 is 5.11 Å². The lowest BCUT2D eigenvalue weighted by Gasteiger charge is -2.12. The van der Waals surface area contributed by atoms with Crippen molar-refractivity contribution in [2.24, 2.45) is 7.05 Å². The van der Waals surface area contributed by atoms with Crippen LogP contribution in [0.4, 0.5) is 0 Å². The number of hydrogen-bond donors (Lipinski definition) is 1. The van der Waals surface area contributed by atoms with Crippen LogP contribution in [0.2, 0.25) is 10.0 Å². The molecule has 0 spiro atoms. The molecule has 1 unspecified atom stereocenters. The number of aryl methyl sites for hydroxylation is 1. The Bertz CT molecular complexity index is 527. The van der Waals surface area contributed by atoms with Gasteiger partial charge in [-0.3, -0.25) is 4.68 Å². The van der Waals surface area contributed by atoms with Gasteiger partial charge in [-0.1, -0.05) is 29.3 Å². The number of aliphatic hydroxyl groups excluding tert-OH is 1. The van der Waals surface area contributed by atoms with Crippen molar-refractivity contribution in [1.29, 1.82) is 0 Å². The van der Waals surface area contributed by atoms with E-state index in [1.165, 1.54) is 6.33 Å². The summed E-state index contributed by atoms with van der Waals surface area (Å²) in [6.07, 6.45) is 1.09. The third-order valence-corrected chi connectivity index (χ3v) is 3.06. The van der Waals surface area contributed by atoms with E-state index in [4.69, 9.17) is 23.2 Å². The average Bonchev–Trinajstić information content (AvgIpc) is 2.64. The number of rotatable bonds is 3. The summed E-state index contributed by atoms with van der Waals surface area (Å²) in [5.41, 5.74) is 0.638. The smallest absolute Gasteiger partial charge is 0.138 e. The SMILES string of the molecule is Cn1ncnc1CC(O)c1ccc(Cl)cc1Cl. The van der Waals surface area contributed by atoms with Gasteiger partial charge in [0.2, 0.25) is 0 Å². The summed E-state index contributed by atoms with van der Waals surface area (Å²) in [6, 6.07) is 5.02. The van der Waals surface area contributed by atoms with Crippen LogP contribution in [0.1, 0.15) is 17.5 Å². The van der Waals surface area contributed by atoms with Gasteiger partial charge in [0.05, 0.1) is 6.10 Å². The molecule has 0 aliphatic carbocycles. The lowest BCUT2D eigenvalue weighted by atomic mass is 10.1. The number of nitrogens with zero attached hydrogens (tertiary/aromatic N) is 3. The molecule has 90 valence electrons. The predicted molar refractivity (Wildman–Crippen MR) is 66.1 cm³/mol. The van der Waals surface area contributed by atoms with Crippen molar-refractivity contribution in [3.05, 3.63) is 46.0 Å². The number of hydrogen-bond acceptors (Lipinski definition) is 3. The minimum atomic E-state index is -0.720. The summed E-state index contributed by atoms with van der Waals surface area (Å²) in [5, 5.41) is 15.0. The van der Waals surface area contributed by atoms with Crippen LogP contribution in [-0.2, 0) is 13.5 Å². The first kappa shape index (κ1) is 12.4. The van der Waals surface area contributed by atoms with Crippen LogP contribution < -0.4 is 0 Å². The molecule has 0 amide bonds. The van der Waals surface area contributed by atoms with Crippen LogP contribution in [0.5, 0.6) is 0 Å². The quantitative estimate of drug-likeness (QED) is 0.933. The molecule has 17 heavy (non-hydrogen) atoms. The predicted octanol–water partition coefficient (Wildman–Crippen LogP) is 2.40. The van der Waals surface area contributed by atoms with Gasteiger partial charge in [0, 0.05) is 23.5 Å². The van der Waals surface area contributed by atoms with Crippen LogP contribution in [0.15, 0.2) is 24.5 Å². The number of benzene rings is 1. The summed E-state index contributed by atoms with van der Waals surface area (Å²) < 4.78 is 1.62. The van der Waals surface area contributed by atoms with E-state index in [-0.39, 0.29) is 0 Å². The molecule has 0 aliphatic rings. The van der Waals surface area contributed by atoms with Crippen LogP contribution in [0, 0.1) is 0 Å². The molecule has 6 heteroatoms. The first-order chi connectivity index (χ1) is 8.08. The molecule has 1 heterocycles. The molecule has 2 rings (SSSR count). The average molecular weight is 272 g/mol. The maximum Gasteiger partial charge on any atom is 0.138 e. The zero-order valence-electron chi connectivity index (χ0n) is 9.14. The van der Waals surface area contributed by atoms with Crippen LogP contribution >= 0.6 is 23.2 Å². The first-order valence-electron chi connectivity index (χ1n) is 5.04. The normalized spacial score (nSPS) is 12.7. The Morgan fingerprint density at radius 1 is 1.41 bits per heavy atom. The van der Waals surface area contributed by atoms with Gasteiger partial charge in [0.1, 0.15) is 12.2 Å². The molecule has 1 atom stereocenters. The summed E-state index contributed by atoms with van der Waals surface area (Å²) >= 11 is 11.8. The van der Waals surface area contributed by atoms with Crippen molar-refractivity contribution < 1.29 is 5.11 Å². The minimum Gasteiger partial charge on any atom is -0.388 e. The van der Waals surface area contributed by atoms with E-state index < -0.39 is 6.10 Å². The van der Waals surface area contributed by atoms with Gasteiger partial charge in [-0.2, -0.15) is 5.10 Å². The van der Waals surface area contributed by atoms with Gasteiger partial charge in [-0.25, -0.2) is 4.98 Å². The Balaban J connectivity index is 2.20. The largest absolute Gasteiger partial charge is 0.388 e. The Morgan fingerprint density at radius 3 is 2.76 bits per heavy atom. The lowest BCUT2D eigenvalue weighted by Crippen LogP contribution is -2.08. The lowest BCUT2D eigenvalue weighted by molar-refractivity contribution is 0.174. The summed E-state index contributed by atoms with van der Waals surface area (Å²) in [5.74, 6) is 0.698. The second-order valence-corrected chi connectivity index (χ2v) is 4.53. The third-order valence-electron chi connectivity index (χ3n) is 2.50. The van der Waals surface area contributed by atoms with Gasteiger partial charge in [-0.15, -0.1) is 0 Å². The fraction of sp³-hybridized carbons (Fsp3) is 0.273. The molecule has 4 nitrogen and oxygen atoms in total. The fourth-order valence-corrected chi connectivity index (χ4v) is 2.09. The van der Waals surface area contributed by atoms with Crippen LogP contribution in [0.25, 0.3) is 0 Å². The zero-order valence-corrected chi connectivity index (χ0v) is 10.7. The molecule has 1 aromatic carbocycles. The van der Waals surface area contributed by atoms with Gasteiger partial charge in [-0.05, 0) is 17.7 Å². The highest BCUT2D eigenvalue weighted by Crippen LogP contribution is 2.27. The van der Waals surface area contributed by atoms with Crippen molar-refractivity contribution in [2.45, 2.75) is 12.5 Å². The first-order valence-corrected chi connectivity index (χ1v) is 5.79. The van der Waals surface area contributed by atoms with E-state index in [9.17, 15) is 5.11 Å². The standard InChI is InChI=1S/C11H11Cl2N3O/c1-16-11(14-6-15-16)5-10(17)8-3-2-7(12)4-9(8)13/h2-4,6,10,17H,5H2,1H3. The monoisotopic (exact) mass is 271 g/mol. The Hall–Kier alpha value is -1.10. The number of aliphatic hydroxyl groups is 1. The van der Waals surface area contributed by atoms with E-state index in [0.717, 1.165) is 0 Å². The summed E-state index contributed by atoms with van der Waals surface area (Å²) in [4.78, 5) is 4.05. The van der Waals surface area contributed by atoms with Gasteiger partial charge in [0.15, 0.2) is 0 Å². The highest BCUT2D eigenvalue weighted by molar-refractivity contribution is 6.35. The topological polar surface area (TPSA) is 50.9 Å². The molecule has 0 fully saturated rings. The second-order valence-electron chi connectivity index (χ2n) is 3.69. The van der Waals surface area contributed by atoms with Crippen molar-refractivity contribution in [2.75, 3.05) is 0 Å². The molecule has 0 aliphatic heterocycles. The van der Waals surface area contributed by atoms with Crippen molar-refractivity contribution in [3.63, 3.8) is 0 Å².